The number of nitrogens with one attached hydrogen (secondary N) is 1. The summed E-state index contributed by atoms with van der Waals surface area (Å²) in [5.41, 5.74) is 1.69. The number of anilines is 1. The standard InChI is InChI=1S/C13H22N4/c1-2-17-10-12(9-15-17)16-8-7-14-13(11-16)5-3-4-6-13/h9-10,14H,2-8,11H2,1H3. The summed E-state index contributed by atoms with van der Waals surface area (Å²) in [6, 6.07) is 0. The Morgan fingerprint density at radius 1 is 1.41 bits per heavy atom. The molecule has 0 unspecified atom stereocenters. The van der Waals surface area contributed by atoms with Crippen LogP contribution >= 0.6 is 0 Å². The lowest BCUT2D eigenvalue weighted by Crippen LogP contribution is -2.59. The lowest BCUT2D eigenvalue weighted by atomic mass is 9.94. The Labute approximate surface area is 103 Å². The maximum absolute atomic E-state index is 4.38. The van der Waals surface area contributed by atoms with Crippen LogP contribution in [0, 0.1) is 0 Å². The lowest BCUT2D eigenvalue weighted by molar-refractivity contribution is 0.304. The predicted octanol–water partition coefficient (Wildman–Crippen LogP) is 1.63. The monoisotopic (exact) mass is 234 g/mol. The van der Waals surface area contributed by atoms with Crippen LogP contribution in [0.1, 0.15) is 32.6 Å². The molecule has 1 saturated heterocycles. The van der Waals surface area contributed by atoms with E-state index in [0.717, 1.165) is 26.2 Å². The van der Waals surface area contributed by atoms with Crippen LogP contribution in [0.5, 0.6) is 0 Å². The number of rotatable bonds is 2. The van der Waals surface area contributed by atoms with Gasteiger partial charge in [-0.3, -0.25) is 4.68 Å². The van der Waals surface area contributed by atoms with Gasteiger partial charge in [-0.2, -0.15) is 5.10 Å². The molecule has 0 aromatic carbocycles. The Morgan fingerprint density at radius 3 is 2.94 bits per heavy atom. The molecule has 1 aromatic heterocycles. The van der Waals surface area contributed by atoms with Crippen molar-refractivity contribution in [2.24, 2.45) is 0 Å². The van der Waals surface area contributed by atoms with Gasteiger partial charge in [0, 0.05) is 37.9 Å². The van der Waals surface area contributed by atoms with Gasteiger partial charge in [0.2, 0.25) is 0 Å². The number of hydrogen-bond acceptors (Lipinski definition) is 3. The molecule has 2 heterocycles. The lowest BCUT2D eigenvalue weighted by Gasteiger charge is -2.42. The van der Waals surface area contributed by atoms with Gasteiger partial charge in [0.15, 0.2) is 0 Å². The fourth-order valence-corrected chi connectivity index (χ4v) is 3.25. The predicted molar refractivity (Wildman–Crippen MR) is 69.3 cm³/mol. The van der Waals surface area contributed by atoms with Gasteiger partial charge < -0.3 is 10.2 Å². The van der Waals surface area contributed by atoms with E-state index in [9.17, 15) is 0 Å². The summed E-state index contributed by atoms with van der Waals surface area (Å²) in [6.07, 6.45) is 9.63. The molecule has 17 heavy (non-hydrogen) atoms. The van der Waals surface area contributed by atoms with Gasteiger partial charge in [0.25, 0.3) is 0 Å². The zero-order valence-electron chi connectivity index (χ0n) is 10.7. The van der Waals surface area contributed by atoms with E-state index in [1.165, 1.54) is 31.4 Å². The van der Waals surface area contributed by atoms with Crippen LogP contribution < -0.4 is 10.2 Å². The number of nitrogens with zero attached hydrogens (tertiary/aromatic N) is 3. The molecular weight excluding hydrogens is 212 g/mol. The molecule has 1 aliphatic heterocycles. The molecule has 1 aromatic rings. The summed E-state index contributed by atoms with van der Waals surface area (Å²) in [7, 11) is 0. The molecular formula is C13H22N4. The summed E-state index contributed by atoms with van der Waals surface area (Å²) < 4.78 is 2.01. The molecule has 94 valence electrons. The molecule has 2 aliphatic rings. The molecule has 1 N–H and O–H groups in total. The quantitative estimate of drug-likeness (QED) is 0.844. The Morgan fingerprint density at radius 2 is 2.24 bits per heavy atom. The molecule has 3 rings (SSSR count). The van der Waals surface area contributed by atoms with Crippen LogP contribution in [-0.2, 0) is 6.54 Å². The topological polar surface area (TPSA) is 33.1 Å². The van der Waals surface area contributed by atoms with Crippen molar-refractivity contribution in [3.8, 4) is 0 Å². The molecule has 1 aliphatic carbocycles. The summed E-state index contributed by atoms with van der Waals surface area (Å²) in [6.45, 7) is 6.46. The first-order valence-electron chi connectivity index (χ1n) is 6.84. The highest BCUT2D eigenvalue weighted by Crippen LogP contribution is 2.33. The van der Waals surface area contributed by atoms with Crippen LogP contribution in [0.4, 0.5) is 5.69 Å². The molecule has 1 saturated carbocycles. The Kier molecular flexibility index (Phi) is 2.82. The zero-order valence-corrected chi connectivity index (χ0v) is 10.7. The smallest absolute Gasteiger partial charge is 0.0753 e. The number of aromatic nitrogens is 2. The first-order valence-corrected chi connectivity index (χ1v) is 6.84. The SMILES string of the molecule is CCn1cc(N2CCNC3(CCCC3)C2)cn1. The minimum absolute atomic E-state index is 0.395. The highest BCUT2D eigenvalue weighted by Gasteiger charge is 2.37. The van der Waals surface area contributed by atoms with Gasteiger partial charge in [0.1, 0.15) is 0 Å². The first-order chi connectivity index (χ1) is 8.31. The van der Waals surface area contributed by atoms with Crippen LogP contribution in [0.2, 0.25) is 0 Å². The summed E-state index contributed by atoms with van der Waals surface area (Å²) >= 11 is 0. The molecule has 4 nitrogen and oxygen atoms in total. The third-order valence-corrected chi connectivity index (χ3v) is 4.24. The van der Waals surface area contributed by atoms with Crippen molar-refractivity contribution >= 4 is 5.69 Å². The normalized spacial score (nSPS) is 23.5. The Balaban J connectivity index is 1.74. The molecule has 0 amide bonds. The minimum Gasteiger partial charge on any atom is -0.366 e. The largest absolute Gasteiger partial charge is 0.366 e. The van der Waals surface area contributed by atoms with Gasteiger partial charge in [-0.15, -0.1) is 0 Å². The summed E-state index contributed by atoms with van der Waals surface area (Å²) in [4.78, 5) is 2.50. The Bertz CT molecular complexity index is 379. The molecule has 2 fully saturated rings. The summed E-state index contributed by atoms with van der Waals surface area (Å²) in [5.74, 6) is 0. The van der Waals surface area contributed by atoms with Crippen molar-refractivity contribution in [2.45, 2.75) is 44.7 Å². The second-order valence-corrected chi connectivity index (χ2v) is 5.39. The van der Waals surface area contributed by atoms with Crippen LogP contribution in [0.25, 0.3) is 0 Å². The Hall–Kier alpha value is -1.03. The minimum atomic E-state index is 0.395. The van der Waals surface area contributed by atoms with E-state index >= 15 is 0 Å². The van der Waals surface area contributed by atoms with Crippen LogP contribution in [-0.4, -0.2) is 35.0 Å². The first kappa shape index (κ1) is 11.1. The fourth-order valence-electron chi connectivity index (χ4n) is 3.25. The third-order valence-electron chi connectivity index (χ3n) is 4.24. The van der Waals surface area contributed by atoms with Crippen molar-refractivity contribution in [1.29, 1.82) is 0 Å². The average molecular weight is 234 g/mol. The highest BCUT2D eigenvalue weighted by atomic mass is 15.3. The van der Waals surface area contributed by atoms with E-state index in [0.29, 0.717) is 5.54 Å². The van der Waals surface area contributed by atoms with Gasteiger partial charge in [0.05, 0.1) is 11.9 Å². The second kappa shape index (κ2) is 4.33. The van der Waals surface area contributed by atoms with E-state index < -0.39 is 0 Å². The molecule has 0 radical (unpaired) electrons. The van der Waals surface area contributed by atoms with Gasteiger partial charge in [-0.05, 0) is 19.8 Å². The van der Waals surface area contributed by atoms with E-state index in [4.69, 9.17) is 0 Å². The number of hydrogen-bond donors (Lipinski definition) is 1. The van der Waals surface area contributed by atoms with Crippen molar-refractivity contribution in [2.75, 3.05) is 24.5 Å². The average Bonchev–Trinajstić information content (AvgIpc) is 2.99. The zero-order chi connectivity index (χ0) is 11.7. The fraction of sp³-hybridized carbons (Fsp3) is 0.769. The molecule has 4 heteroatoms. The number of piperazine rings is 1. The van der Waals surface area contributed by atoms with E-state index in [2.05, 4.69) is 28.4 Å². The van der Waals surface area contributed by atoms with E-state index in [-0.39, 0.29) is 0 Å². The van der Waals surface area contributed by atoms with Crippen LogP contribution in [0.3, 0.4) is 0 Å². The molecule has 1 spiro atoms. The van der Waals surface area contributed by atoms with E-state index in [1.54, 1.807) is 0 Å². The molecule has 0 atom stereocenters. The van der Waals surface area contributed by atoms with Gasteiger partial charge in [-0.25, -0.2) is 0 Å². The third kappa shape index (κ3) is 2.06. The van der Waals surface area contributed by atoms with E-state index in [1.807, 2.05) is 10.9 Å². The van der Waals surface area contributed by atoms with Gasteiger partial charge in [-0.1, -0.05) is 12.8 Å². The van der Waals surface area contributed by atoms with Crippen LogP contribution in [0.15, 0.2) is 12.4 Å². The van der Waals surface area contributed by atoms with Crippen molar-refractivity contribution in [3.05, 3.63) is 12.4 Å². The van der Waals surface area contributed by atoms with Crippen molar-refractivity contribution in [3.63, 3.8) is 0 Å². The summed E-state index contributed by atoms with van der Waals surface area (Å²) in [5, 5.41) is 8.13. The maximum atomic E-state index is 4.38. The van der Waals surface area contributed by atoms with Gasteiger partial charge >= 0.3 is 0 Å². The highest BCUT2D eigenvalue weighted by molar-refractivity contribution is 5.44. The van der Waals surface area contributed by atoms with Crippen molar-refractivity contribution < 1.29 is 0 Å². The molecule has 0 bridgehead atoms. The number of aryl methyl sites for hydroxylation is 1. The second-order valence-electron chi connectivity index (χ2n) is 5.39. The van der Waals surface area contributed by atoms with Crippen molar-refractivity contribution in [1.82, 2.24) is 15.1 Å². The maximum Gasteiger partial charge on any atom is 0.0753 e.